The van der Waals surface area contributed by atoms with Crippen molar-refractivity contribution >= 4 is 0 Å². The molecule has 1 rings (SSSR count). The first kappa shape index (κ1) is 14.9. The van der Waals surface area contributed by atoms with Crippen LogP contribution in [-0.2, 0) is 4.74 Å². The van der Waals surface area contributed by atoms with Gasteiger partial charge >= 0.3 is 0 Å². The molecular weight excluding hydrogens is 212 g/mol. The molecule has 3 nitrogen and oxygen atoms in total. The molecule has 0 amide bonds. The molecule has 1 aliphatic heterocycles. The van der Waals surface area contributed by atoms with E-state index in [9.17, 15) is 0 Å². The maximum absolute atomic E-state index is 5.92. The summed E-state index contributed by atoms with van der Waals surface area (Å²) in [6.45, 7) is 7.58. The number of likely N-dealkylation sites (tertiary alicyclic amines) is 1. The molecule has 0 saturated carbocycles. The standard InChI is InChI=1S/C14H30N2O/c1-4-5-6-7-13(10-15)16-9-8-12(2)14(11-16)17-3/h12-14H,4-11,15H2,1-3H3. The molecule has 0 aromatic heterocycles. The van der Waals surface area contributed by atoms with Gasteiger partial charge in [0, 0.05) is 26.2 Å². The van der Waals surface area contributed by atoms with Crippen molar-refractivity contribution < 1.29 is 4.74 Å². The number of hydrogen-bond acceptors (Lipinski definition) is 3. The molecule has 0 bridgehead atoms. The summed E-state index contributed by atoms with van der Waals surface area (Å²) in [5, 5.41) is 0. The summed E-state index contributed by atoms with van der Waals surface area (Å²) in [7, 11) is 1.83. The van der Waals surface area contributed by atoms with Gasteiger partial charge in [0.25, 0.3) is 0 Å². The van der Waals surface area contributed by atoms with Gasteiger partial charge in [-0.3, -0.25) is 4.90 Å². The Bertz CT molecular complexity index is 199. The predicted molar refractivity (Wildman–Crippen MR) is 73.1 cm³/mol. The average molecular weight is 242 g/mol. The molecule has 0 aliphatic carbocycles. The Morgan fingerprint density at radius 2 is 2.18 bits per heavy atom. The van der Waals surface area contributed by atoms with Crippen LogP contribution in [-0.4, -0.2) is 43.8 Å². The van der Waals surface area contributed by atoms with Crippen molar-refractivity contribution in [2.75, 3.05) is 26.7 Å². The molecule has 0 radical (unpaired) electrons. The summed E-state index contributed by atoms with van der Waals surface area (Å²) in [5.41, 5.74) is 5.92. The maximum Gasteiger partial charge on any atom is 0.0724 e. The zero-order chi connectivity index (χ0) is 12.7. The minimum absolute atomic E-state index is 0.393. The summed E-state index contributed by atoms with van der Waals surface area (Å²) < 4.78 is 5.57. The van der Waals surface area contributed by atoms with Crippen LogP contribution in [0.3, 0.4) is 0 Å². The van der Waals surface area contributed by atoms with Crippen LogP contribution in [0.15, 0.2) is 0 Å². The van der Waals surface area contributed by atoms with Gasteiger partial charge in [-0.1, -0.05) is 33.1 Å². The predicted octanol–water partition coefficient (Wildman–Crippen LogP) is 2.25. The molecular formula is C14H30N2O. The molecule has 0 aromatic carbocycles. The van der Waals surface area contributed by atoms with Gasteiger partial charge in [0.05, 0.1) is 6.10 Å². The number of nitrogens with two attached hydrogens (primary N) is 1. The highest BCUT2D eigenvalue weighted by Gasteiger charge is 2.29. The summed E-state index contributed by atoms with van der Waals surface area (Å²) in [5.74, 6) is 0.685. The molecule has 2 N–H and O–H groups in total. The lowest BCUT2D eigenvalue weighted by Gasteiger charge is -2.40. The summed E-state index contributed by atoms with van der Waals surface area (Å²) in [6.07, 6.45) is 6.80. The number of unbranched alkanes of at least 4 members (excludes halogenated alkanes) is 2. The van der Waals surface area contributed by atoms with Gasteiger partial charge in [-0.2, -0.15) is 0 Å². The molecule has 1 fully saturated rings. The Balaban J connectivity index is 2.40. The number of rotatable bonds is 7. The van der Waals surface area contributed by atoms with Crippen molar-refractivity contribution in [2.45, 2.75) is 58.1 Å². The number of methoxy groups -OCH3 is 1. The van der Waals surface area contributed by atoms with Gasteiger partial charge in [-0.15, -0.1) is 0 Å². The lowest BCUT2D eigenvalue weighted by molar-refractivity contribution is -0.0192. The largest absolute Gasteiger partial charge is 0.380 e. The Morgan fingerprint density at radius 3 is 2.76 bits per heavy atom. The molecule has 17 heavy (non-hydrogen) atoms. The second-order valence-electron chi connectivity index (χ2n) is 5.42. The molecule has 0 spiro atoms. The third-order valence-electron chi connectivity index (χ3n) is 4.15. The molecule has 1 saturated heterocycles. The van der Waals surface area contributed by atoms with E-state index in [2.05, 4.69) is 18.7 Å². The van der Waals surface area contributed by atoms with E-state index in [1.54, 1.807) is 0 Å². The van der Waals surface area contributed by atoms with Gasteiger partial charge in [0.2, 0.25) is 0 Å². The van der Waals surface area contributed by atoms with Gasteiger partial charge in [-0.05, 0) is 25.3 Å². The normalized spacial score (nSPS) is 28.2. The lowest BCUT2D eigenvalue weighted by atomic mass is 9.93. The fourth-order valence-electron chi connectivity index (χ4n) is 2.78. The quantitative estimate of drug-likeness (QED) is 0.696. The van der Waals surface area contributed by atoms with Gasteiger partial charge in [-0.25, -0.2) is 0 Å². The number of hydrogen-bond donors (Lipinski definition) is 1. The molecule has 102 valence electrons. The van der Waals surface area contributed by atoms with Gasteiger partial charge in [0.15, 0.2) is 0 Å². The van der Waals surface area contributed by atoms with E-state index < -0.39 is 0 Å². The van der Waals surface area contributed by atoms with Crippen molar-refractivity contribution in [2.24, 2.45) is 11.7 Å². The van der Waals surface area contributed by atoms with Crippen LogP contribution < -0.4 is 5.73 Å². The van der Waals surface area contributed by atoms with Crippen LogP contribution in [0.4, 0.5) is 0 Å². The fourth-order valence-corrected chi connectivity index (χ4v) is 2.78. The van der Waals surface area contributed by atoms with E-state index in [1.807, 2.05) is 7.11 Å². The summed E-state index contributed by atoms with van der Waals surface area (Å²) in [4.78, 5) is 2.55. The van der Waals surface area contributed by atoms with E-state index in [0.29, 0.717) is 18.1 Å². The third kappa shape index (κ3) is 4.57. The minimum Gasteiger partial charge on any atom is -0.380 e. The SMILES string of the molecule is CCCCCC(CN)N1CCC(C)C(OC)C1. The first-order valence-electron chi connectivity index (χ1n) is 7.19. The summed E-state index contributed by atoms with van der Waals surface area (Å²) in [6, 6.07) is 0.562. The molecule has 3 unspecified atom stereocenters. The van der Waals surface area contributed by atoms with Crippen LogP contribution in [0.5, 0.6) is 0 Å². The zero-order valence-corrected chi connectivity index (χ0v) is 11.8. The van der Waals surface area contributed by atoms with Gasteiger partial charge < -0.3 is 10.5 Å². The van der Waals surface area contributed by atoms with Gasteiger partial charge in [0.1, 0.15) is 0 Å². The first-order valence-corrected chi connectivity index (χ1v) is 7.19. The number of ether oxygens (including phenoxy) is 1. The Labute approximate surface area is 107 Å². The van der Waals surface area contributed by atoms with Crippen molar-refractivity contribution in [3.05, 3.63) is 0 Å². The highest BCUT2D eigenvalue weighted by Crippen LogP contribution is 2.22. The smallest absolute Gasteiger partial charge is 0.0724 e. The van der Waals surface area contributed by atoms with Crippen LogP contribution in [0.2, 0.25) is 0 Å². The van der Waals surface area contributed by atoms with Crippen molar-refractivity contribution in [1.82, 2.24) is 4.90 Å². The zero-order valence-electron chi connectivity index (χ0n) is 11.8. The van der Waals surface area contributed by atoms with Crippen molar-refractivity contribution in [1.29, 1.82) is 0 Å². The van der Waals surface area contributed by atoms with Crippen molar-refractivity contribution in [3.8, 4) is 0 Å². The molecule has 0 aromatic rings. The van der Waals surface area contributed by atoms with E-state index >= 15 is 0 Å². The second kappa shape index (κ2) is 8.06. The molecule has 1 aliphatic rings. The van der Waals surface area contributed by atoms with E-state index in [-0.39, 0.29) is 0 Å². The Kier molecular flexibility index (Phi) is 7.09. The summed E-state index contributed by atoms with van der Waals surface area (Å²) >= 11 is 0. The number of nitrogens with zero attached hydrogens (tertiary/aromatic N) is 1. The maximum atomic E-state index is 5.92. The molecule has 3 heteroatoms. The second-order valence-corrected chi connectivity index (χ2v) is 5.42. The Hall–Kier alpha value is -0.120. The third-order valence-corrected chi connectivity index (χ3v) is 4.15. The highest BCUT2D eigenvalue weighted by atomic mass is 16.5. The Morgan fingerprint density at radius 1 is 1.41 bits per heavy atom. The fraction of sp³-hybridized carbons (Fsp3) is 1.00. The topological polar surface area (TPSA) is 38.5 Å². The van der Waals surface area contributed by atoms with Crippen LogP contribution >= 0.6 is 0 Å². The van der Waals surface area contributed by atoms with Crippen LogP contribution in [0.25, 0.3) is 0 Å². The number of piperidine rings is 1. The molecule has 1 heterocycles. The van der Waals surface area contributed by atoms with Crippen LogP contribution in [0.1, 0.15) is 46.0 Å². The minimum atomic E-state index is 0.393. The van der Waals surface area contributed by atoms with E-state index in [0.717, 1.165) is 13.1 Å². The van der Waals surface area contributed by atoms with Crippen molar-refractivity contribution in [3.63, 3.8) is 0 Å². The lowest BCUT2D eigenvalue weighted by Crippen LogP contribution is -2.50. The monoisotopic (exact) mass is 242 g/mol. The molecule has 3 atom stereocenters. The van der Waals surface area contributed by atoms with E-state index in [1.165, 1.54) is 38.6 Å². The highest BCUT2D eigenvalue weighted by molar-refractivity contribution is 4.83. The average Bonchev–Trinajstić information content (AvgIpc) is 2.36. The van der Waals surface area contributed by atoms with E-state index in [4.69, 9.17) is 10.5 Å². The first-order chi connectivity index (χ1) is 8.22. The van der Waals surface area contributed by atoms with Crippen LogP contribution in [0, 0.1) is 5.92 Å².